The van der Waals surface area contributed by atoms with Crippen LogP contribution in [0.5, 0.6) is 0 Å². The van der Waals surface area contributed by atoms with Gasteiger partial charge in [0.15, 0.2) is 5.60 Å². The summed E-state index contributed by atoms with van der Waals surface area (Å²) in [4.78, 5) is 13.2. The Bertz CT molecular complexity index is 180. The van der Waals surface area contributed by atoms with Gasteiger partial charge in [-0.15, -0.1) is 0 Å². The van der Waals surface area contributed by atoms with E-state index in [4.69, 9.17) is 0 Å². The summed E-state index contributed by atoms with van der Waals surface area (Å²) < 4.78 is 4.52. The Morgan fingerprint density at radius 2 is 2.07 bits per heavy atom. The number of likely N-dealkylation sites (N-methyl/N-ethyl adjacent to an activating group) is 1. The summed E-state index contributed by atoms with van der Waals surface area (Å²) in [5, 5.41) is 9.79. The number of methoxy groups -OCH3 is 1. The molecule has 0 aromatic heterocycles. The number of ether oxygens (including phenoxy) is 1. The molecule has 0 saturated heterocycles. The van der Waals surface area contributed by atoms with Crippen molar-refractivity contribution in [1.82, 2.24) is 4.90 Å². The van der Waals surface area contributed by atoms with Crippen molar-refractivity contribution in [2.24, 2.45) is 0 Å². The Balaban J connectivity index is 4.23. The van der Waals surface area contributed by atoms with Crippen LogP contribution in [0.1, 0.15) is 27.2 Å². The summed E-state index contributed by atoms with van der Waals surface area (Å²) in [6, 6.07) is 0. The Labute approximate surface area is 85.9 Å². The number of aliphatic hydroxyl groups is 1. The second kappa shape index (κ2) is 5.98. The smallest absolute Gasteiger partial charge is 0.338 e. The summed E-state index contributed by atoms with van der Waals surface area (Å²) in [5.74, 6) is -0.577. The molecule has 4 heteroatoms. The van der Waals surface area contributed by atoms with Crippen LogP contribution in [0.2, 0.25) is 0 Å². The van der Waals surface area contributed by atoms with Gasteiger partial charge in [0, 0.05) is 6.54 Å². The van der Waals surface area contributed by atoms with Gasteiger partial charge in [-0.3, -0.25) is 0 Å². The molecular formula is C10H21NO3. The highest BCUT2D eigenvalue weighted by Crippen LogP contribution is 2.08. The maximum Gasteiger partial charge on any atom is 0.338 e. The normalized spacial score (nSPS) is 15.3. The van der Waals surface area contributed by atoms with E-state index in [9.17, 15) is 9.90 Å². The number of carbonyl (C=O) groups is 1. The first kappa shape index (κ1) is 13.4. The minimum Gasteiger partial charge on any atom is -0.467 e. The molecule has 1 N–H and O–H groups in total. The topological polar surface area (TPSA) is 49.8 Å². The lowest BCUT2D eigenvalue weighted by molar-refractivity contribution is -0.162. The maximum atomic E-state index is 11.2. The van der Waals surface area contributed by atoms with E-state index in [2.05, 4.69) is 11.7 Å². The molecule has 0 aliphatic rings. The molecule has 0 bridgehead atoms. The molecule has 1 atom stereocenters. The van der Waals surface area contributed by atoms with E-state index in [1.165, 1.54) is 14.0 Å². The first-order valence-electron chi connectivity index (χ1n) is 5.01. The monoisotopic (exact) mass is 203 g/mol. The molecule has 0 aliphatic carbocycles. The molecule has 0 saturated carbocycles. The minimum atomic E-state index is -1.40. The van der Waals surface area contributed by atoms with Gasteiger partial charge in [0.05, 0.1) is 7.11 Å². The average molecular weight is 203 g/mol. The Morgan fingerprint density at radius 3 is 2.43 bits per heavy atom. The van der Waals surface area contributed by atoms with Crippen molar-refractivity contribution in [2.75, 3.05) is 26.7 Å². The van der Waals surface area contributed by atoms with Crippen LogP contribution in [0.4, 0.5) is 0 Å². The summed E-state index contributed by atoms with van der Waals surface area (Å²) >= 11 is 0. The standard InChI is InChI=1S/C10H21NO3/c1-5-7-11(6-2)8-10(3,13)9(12)14-4/h13H,5-8H2,1-4H3. The second-order valence-electron chi connectivity index (χ2n) is 3.63. The number of nitrogens with zero attached hydrogens (tertiary/aromatic N) is 1. The average Bonchev–Trinajstić information content (AvgIpc) is 2.15. The van der Waals surface area contributed by atoms with Crippen molar-refractivity contribution >= 4 is 5.97 Å². The van der Waals surface area contributed by atoms with E-state index in [0.717, 1.165) is 19.5 Å². The first-order chi connectivity index (χ1) is 6.47. The Morgan fingerprint density at radius 1 is 1.50 bits per heavy atom. The van der Waals surface area contributed by atoms with Gasteiger partial charge in [-0.1, -0.05) is 13.8 Å². The third-order valence-electron chi connectivity index (χ3n) is 2.14. The largest absolute Gasteiger partial charge is 0.467 e. The van der Waals surface area contributed by atoms with Crippen molar-refractivity contribution in [1.29, 1.82) is 0 Å². The van der Waals surface area contributed by atoms with Crippen LogP contribution >= 0.6 is 0 Å². The summed E-state index contributed by atoms with van der Waals surface area (Å²) in [5.41, 5.74) is -1.40. The predicted octanol–water partition coefficient (Wildman–Crippen LogP) is 0.642. The van der Waals surface area contributed by atoms with Crippen molar-refractivity contribution in [3.8, 4) is 0 Å². The lowest BCUT2D eigenvalue weighted by Crippen LogP contribution is -2.47. The lowest BCUT2D eigenvalue weighted by Gasteiger charge is -2.28. The second-order valence-corrected chi connectivity index (χ2v) is 3.63. The molecule has 0 amide bonds. The molecule has 1 unspecified atom stereocenters. The van der Waals surface area contributed by atoms with Crippen molar-refractivity contribution < 1.29 is 14.6 Å². The third-order valence-corrected chi connectivity index (χ3v) is 2.14. The van der Waals surface area contributed by atoms with Gasteiger partial charge in [-0.2, -0.15) is 0 Å². The van der Waals surface area contributed by atoms with Crippen LogP contribution < -0.4 is 0 Å². The maximum absolute atomic E-state index is 11.2. The molecule has 0 aromatic carbocycles. The van der Waals surface area contributed by atoms with Crippen LogP contribution in [0.25, 0.3) is 0 Å². The minimum absolute atomic E-state index is 0.323. The molecule has 4 nitrogen and oxygen atoms in total. The number of esters is 1. The van der Waals surface area contributed by atoms with E-state index in [1.54, 1.807) is 0 Å². The SMILES string of the molecule is CCCN(CC)CC(C)(O)C(=O)OC. The van der Waals surface area contributed by atoms with Crippen LogP contribution in [0.15, 0.2) is 0 Å². The third kappa shape index (κ3) is 4.07. The van der Waals surface area contributed by atoms with Crippen LogP contribution in [-0.2, 0) is 9.53 Å². The summed E-state index contributed by atoms with van der Waals surface area (Å²) in [6.45, 7) is 7.57. The van der Waals surface area contributed by atoms with Crippen LogP contribution in [0.3, 0.4) is 0 Å². The number of rotatable bonds is 6. The van der Waals surface area contributed by atoms with Gasteiger partial charge in [-0.25, -0.2) is 4.79 Å². The van der Waals surface area contributed by atoms with Crippen LogP contribution in [-0.4, -0.2) is 48.3 Å². The zero-order valence-electron chi connectivity index (χ0n) is 9.54. The Kier molecular flexibility index (Phi) is 5.72. The summed E-state index contributed by atoms with van der Waals surface area (Å²) in [6.07, 6.45) is 1.01. The predicted molar refractivity (Wildman–Crippen MR) is 55.0 cm³/mol. The quantitative estimate of drug-likeness (QED) is 0.644. The molecule has 0 aromatic rings. The van der Waals surface area contributed by atoms with E-state index in [1.807, 2.05) is 11.8 Å². The number of carbonyl (C=O) groups excluding carboxylic acids is 1. The van der Waals surface area contributed by atoms with Crippen molar-refractivity contribution in [3.05, 3.63) is 0 Å². The van der Waals surface area contributed by atoms with Gasteiger partial charge in [-0.05, 0) is 26.4 Å². The van der Waals surface area contributed by atoms with Gasteiger partial charge in [0.2, 0.25) is 0 Å². The van der Waals surface area contributed by atoms with Gasteiger partial charge in [0.1, 0.15) is 0 Å². The molecule has 0 aliphatic heterocycles. The fraction of sp³-hybridized carbons (Fsp3) is 0.900. The molecule has 0 fully saturated rings. The van der Waals surface area contributed by atoms with Crippen LogP contribution in [0, 0.1) is 0 Å². The van der Waals surface area contributed by atoms with Gasteiger partial charge in [0.25, 0.3) is 0 Å². The molecule has 14 heavy (non-hydrogen) atoms. The molecule has 84 valence electrons. The number of hydrogen-bond donors (Lipinski definition) is 1. The molecule has 0 heterocycles. The van der Waals surface area contributed by atoms with E-state index in [-0.39, 0.29) is 0 Å². The van der Waals surface area contributed by atoms with E-state index < -0.39 is 11.6 Å². The Hall–Kier alpha value is -0.610. The fourth-order valence-corrected chi connectivity index (χ4v) is 1.39. The van der Waals surface area contributed by atoms with Crippen molar-refractivity contribution in [2.45, 2.75) is 32.8 Å². The van der Waals surface area contributed by atoms with Gasteiger partial charge < -0.3 is 14.7 Å². The highest BCUT2D eigenvalue weighted by Gasteiger charge is 2.32. The first-order valence-corrected chi connectivity index (χ1v) is 5.01. The van der Waals surface area contributed by atoms with E-state index in [0.29, 0.717) is 6.54 Å². The molecular weight excluding hydrogens is 182 g/mol. The summed E-state index contributed by atoms with van der Waals surface area (Å²) in [7, 11) is 1.28. The lowest BCUT2D eigenvalue weighted by atomic mass is 10.1. The zero-order chi connectivity index (χ0) is 11.2. The molecule has 0 rings (SSSR count). The molecule has 0 spiro atoms. The number of hydrogen-bond acceptors (Lipinski definition) is 4. The molecule has 0 radical (unpaired) electrons. The zero-order valence-corrected chi connectivity index (χ0v) is 9.54. The van der Waals surface area contributed by atoms with Gasteiger partial charge >= 0.3 is 5.97 Å². The highest BCUT2D eigenvalue weighted by molar-refractivity contribution is 5.78. The van der Waals surface area contributed by atoms with E-state index >= 15 is 0 Å². The fourth-order valence-electron chi connectivity index (χ4n) is 1.39. The van der Waals surface area contributed by atoms with Crippen molar-refractivity contribution in [3.63, 3.8) is 0 Å². The highest BCUT2D eigenvalue weighted by atomic mass is 16.5.